The van der Waals surface area contributed by atoms with Gasteiger partial charge in [-0.05, 0) is 137 Å². The molecular formula is C68H101CoN14O16PS-. The number of hydrogen-bond donors (Lipinski definition) is 10. The summed E-state index contributed by atoms with van der Waals surface area (Å²) in [5, 5.41) is 40.1. The minimum atomic E-state index is -5.32. The molecule has 0 radical (unpaired) electrons. The Morgan fingerprint density at radius 2 is 1.40 bits per heavy atom. The van der Waals surface area contributed by atoms with Gasteiger partial charge in [-0.1, -0.05) is 40.7 Å². The van der Waals surface area contributed by atoms with Crippen molar-refractivity contribution in [1.82, 2.24) is 14.9 Å². The standard InChI is InChI=1S/C62H90N13O14P.C5H11NO2S.CH3.Co/c1-29-20-39-40(21-30(29)2)75(28-70-39)57-52(84)53(41(27-76)87-57)89-90(85,86)88-31(3)26-69-49(83)18-19-59(8)37(22-46(66)80)56-62(11)61(10,25-48(68)82)36(14-17-45(65)79)51(74-62)33(5)55-60(9,24-47(67)81)34(12-15-43(63)77)38(71-55)23-42-58(6,7)35(13-16-44(64)78)50(72-42)32(4)54(59)73-56;1-9-3-2-4(6)5(7)8;;/h20-21,23,28,31,34-37,41,52-53,56-57,76,84H,12-19,22,24-27H2,1-11H3,(H15,63,64,65,66,67,68,69,71,72,73,74,77,78,79,80,81,82,83,85,86);4H,2-3,6H2,1H3,(H,7,8);1H3;/q;;-1;+3/p-3/t31-,34-,35-,36-,37+,41-,52-,53-,56-,57-,59-,60+,61+,62+;;;/m1.../s1. The Kier molecular flexibility index (Phi) is 28.1. The number of carbonyl (C=O) groups excluding carboxylic acids is 8. The number of aliphatic hydroxyl groups excluding tert-OH is 2. The molecule has 101 heavy (non-hydrogen) atoms. The number of allylic oxidation sites excluding steroid dienone is 6. The zero-order valence-corrected chi connectivity index (χ0v) is 62.5. The quantitative estimate of drug-likeness (QED) is 0.0397. The third-order valence-electron chi connectivity index (χ3n) is 21.4. The molecule has 2 saturated heterocycles. The average Bonchev–Trinajstić information content (AvgIpc) is 1.52. The van der Waals surface area contributed by atoms with Crippen LogP contribution in [-0.4, -0.2) is 151 Å². The molecular weight excluding hydrogens is 1390 g/mol. The summed E-state index contributed by atoms with van der Waals surface area (Å²) in [4.78, 5) is 138. The number of nitrogens with two attached hydrogens (primary N) is 7. The fourth-order valence-electron chi connectivity index (χ4n) is 15.7. The molecule has 8 bridgehead atoms. The van der Waals surface area contributed by atoms with Crippen molar-refractivity contribution in [3.63, 3.8) is 0 Å². The summed E-state index contributed by atoms with van der Waals surface area (Å²) in [7, 11) is -5.32. The van der Waals surface area contributed by atoms with Crippen LogP contribution in [-0.2, 0) is 73.5 Å². The van der Waals surface area contributed by atoms with Gasteiger partial charge < -0.3 is 102 Å². The minimum absolute atomic E-state index is 0. The minimum Gasteiger partial charge on any atom is -0.756 e. The van der Waals surface area contributed by atoms with Gasteiger partial charge in [0, 0.05) is 114 Å². The number of phosphoric ester groups is 1. The molecule has 0 spiro atoms. The number of aromatic nitrogens is 2. The summed E-state index contributed by atoms with van der Waals surface area (Å²) in [5.41, 5.74) is 41.8. The topological polar surface area (TPSA) is 531 Å². The zero-order chi connectivity index (χ0) is 74.0. The number of phosphoric acid groups is 1. The fraction of sp³-hybridized carbons (Fsp3) is 0.632. The SMILES string of the molecule is C/C1=C2/[N-][C@H]([C@H](CC(N)=O)[C@@]2(C)CCC(=O)NC[C@@H](C)OP(=O)([O-])O[C@H]2[C@@H](O)[C@H](n3cnc4cc(C)c(C)cc43)O[C@@H]2CO)[C@]2(C)N=C(/C(C)=C3N=C(/C=C4N=C1[C@@H](CCC(N)=O)C\4(C)C)[C@@H](CCC(N)=O)[C@]\3(C)CC(N)=O)[C@@H](CCC(N)=O)[C@]2(C)CC(N)=O.CSCCC(N)C(=O)[O-].[CH3-].[Co+3]. The number of fused-ring (bicyclic) bond motifs is 7. The Morgan fingerprint density at radius 3 is 1.95 bits per heavy atom. The number of imidazole rings is 1. The summed E-state index contributed by atoms with van der Waals surface area (Å²) in [5.74, 6) is -7.79. The number of primary amides is 6. The summed E-state index contributed by atoms with van der Waals surface area (Å²) in [6.07, 6.45) is -2.39. The molecule has 560 valence electrons. The molecule has 33 heteroatoms. The van der Waals surface area contributed by atoms with Gasteiger partial charge in [-0.3, -0.25) is 53.1 Å². The van der Waals surface area contributed by atoms with E-state index in [2.05, 4.69) is 10.3 Å². The third kappa shape index (κ3) is 17.9. The van der Waals surface area contributed by atoms with Crippen molar-refractivity contribution in [1.29, 1.82) is 0 Å². The molecule has 0 saturated carbocycles. The Balaban J connectivity index is 0.00000156. The van der Waals surface area contributed by atoms with Crippen LogP contribution in [0.25, 0.3) is 16.4 Å². The Morgan fingerprint density at radius 1 is 0.812 bits per heavy atom. The van der Waals surface area contributed by atoms with Gasteiger partial charge in [-0.15, -0.1) is 0 Å². The van der Waals surface area contributed by atoms with Gasteiger partial charge in [-0.2, -0.15) is 17.5 Å². The molecule has 30 nitrogen and oxygen atoms in total. The first kappa shape index (κ1) is 84.9. The summed E-state index contributed by atoms with van der Waals surface area (Å²) in [6, 6.07) is 1.86. The Hall–Kier alpha value is -6.71. The molecule has 7 amide bonds. The smallest absolute Gasteiger partial charge is 0.756 e. The first-order valence-corrected chi connectivity index (χ1v) is 36.0. The molecule has 0 aliphatic carbocycles. The van der Waals surface area contributed by atoms with Crippen molar-refractivity contribution in [2.24, 2.45) is 100 Å². The summed E-state index contributed by atoms with van der Waals surface area (Å²) >= 11 is 1.58. The van der Waals surface area contributed by atoms with E-state index in [9.17, 15) is 63.1 Å². The van der Waals surface area contributed by atoms with Crippen LogP contribution < -0.4 is 55.5 Å². The number of aliphatic hydroxyl groups is 2. The molecule has 16 atom stereocenters. The summed E-state index contributed by atoms with van der Waals surface area (Å²) in [6.45, 7) is 19.0. The van der Waals surface area contributed by atoms with E-state index in [0.717, 1.165) is 16.9 Å². The molecule has 1 aromatic heterocycles. The number of carboxylic acid groups (broad SMARTS) is 1. The first-order valence-electron chi connectivity index (χ1n) is 33.1. The summed E-state index contributed by atoms with van der Waals surface area (Å²) < 4.78 is 31.9. The largest absolute Gasteiger partial charge is 3.00 e. The van der Waals surface area contributed by atoms with Crippen LogP contribution in [0.15, 0.2) is 67.8 Å². The third-order valence-corrected chi connectivity index (χ3v) is 23.2. The molecule has 6 aliphatic heterocycles. The number of benzene rings is 1. The van der Waals surface area contributed by atoms with Crippen molar-refractivity contribution < 1.29 is 93.7 Å². The van der Waals surface area contributed by atoms with Crippen molar-refractivity contribution in [2.45, 2.75) is 201 Å². The van der Waals surface area contributed by atoms with E-state index in [0.29, 0.717) is 62.8 Å². The molecule has 2 aromatic rings. The predicted octanol–water partition coefficient (Wildman–Crippen LogP) is 2.58. The monoisotopic (exact) mass is 1490 g/mol. The molecule has 17 N–H and O–H groups in total. The number of aryl methyl sites for hydroxylation is 2. The maximum absolute atomic E-state index is 14.4. The number of ether oxygens (including phenoxy) is 1. The van der Waals surface area contributed by atoms with Crippen LogP contribution in [0, 0.1) is 66.6 Å². The number of carboxylic acids is 1. The molecule has 7 heterocycles. The van der Waals surface area contributed by atoms with E-state index < -0.39 is 155 Å². The van der Waals surface area contributed by atoms with Gasteiger partial charge in [0.05, 0.1) is 47.3 Å². The van der Waals surface area contributed by atoms with Gasteiger partial charge in [0.1, 0.15) is 18.3 Å². The van der Waals surface area contributed by atoms with E-state index >= 15 is 0 Å². The first-order chi connectivity index (χ1) is 46.0. The molecule has 2 unspecified atom stereocenters. The number of aliphatic carboxylic acids is 1. The van der Waals surface area contributed by atoms with Crippen LogP contribution in [0.2, 0.25) is 0 Å². The van der Waals surface area contributed by atoms with Crippen LogP contribution in [0.3, 0.4) is 0 Å². The number of nitrogens with one attached hydrogen (secondary N) is 1. The van der Waals surface area contributed by atoms with Crippen molar-refractivity contribution >= 4 is 95.1 Å². The van der Waals surface area contributed by atoms with E-state index in [1.165, 1.54) is 17.8 Å². The van der Waals surface area contributed by atoms with E-state index in [4.69, 9.17) is 74.2 Å². The van der Waals surface area contributed by atoms with Crippen molar-refractivity contribution in [3.05, 3.63) is 76.6 Å². The van der Waals surface area contributed by atoms with Crippen molar-refractivity contribution in [3.8, 4) is 0 Å². The van der Waals surface area contributed by atoms with Crippen LogP contribution in [0.5, 0.6) is 0 Å². The van der Waals surface area contributed by atoms with E-state index in [-0.39, 0.29) is 101 Å². The maximum Gasteiger partial charge on any atom is 3.00 e. The van der Waals surface area contributed by atoms with Crippen LogP contribution >= 0.6 is 19.6 Å². The number of nitrogens with zero attached hydrogens (tertiary/aromatic N) is 6. The van der Waals surface area contributed by atoms with Gasteiger partial charge in [0.15, 0.2) is 6.23 Å². The Bertz CT molecular complexity index is 3780. The number of amides is 7. The van der Waals surface area contributed by atoms with Gasteiger partial charge in [0.2, 0.25) is 41.4 Å². The zero-order valence-electron chi connectivity index (χ0n) is 59.8. The molecule has 8 rings (SSSR count). The normalized spacial score (nSPS) is 31.7. The molecule has 2 fully saturated rings. The second-order valence-corrected chi connectivity index (χ2v) is 31.0. The second kappa shape index (κ2) is 33.4. The van der Waals surface area contributed by atoms with Crippen LogP contribution in [0.1, 0.15) is 157 Å². The van der Waals surface area contributed by atoms with Gasteiger partial charge in [-0.25, -0.2) is 4.98 Å². The van der Waals surface area contributed by atoms with E-state index in [1.54, 1.807) is 18.7 Å². The van der Waals surface area contributed by atoms with Crippen LogP contribution in [0.4, 0.5) is 0 Å². The second-order valence-electron chi connectivity index (χ2n) is 28.7. The van der Waals surface area contributed by atoms with Gasteiger partial charge >= 0.3 is 16.8 Å². The number of thioether (sulfide) groups is 1. The average molecular weight is 1490 g/mol. The molecule has 1 aromatic carbocycles. The van der Waals surface area contributed by atoms with E-state index in [1.807, 2.05) is 86.8 Å². The Labute approximate surface area is 604 Å². The number of aliphatic imine (C=N–C) groups is 3. The number of rotatable bonds is 30. The molecule has 6 aliphatic rings. The number of hydrogen-bond acceptors (Lipinski definition) is 22. The number of carbonyl (C=O) groups is 8. The fourth-order valence-corrected chi connectivity index (χ4v) is 17.3. The van der Waals surface area contributed by atoms with Crippen molar-refractivity contribution in [2.75, 3.05) is 25.2 Å². The predicted molar refractivity (Wildman–Crippen MR) is 374 cm³/mol. The van der Waals surface area contributed by atoms with Gasteiger partial charge in [0.25, 0.3) is 7.82 Å². The maximum atomic E-state index is 14.4.